The lowest BCUT2D eigenvalue weighted by atomic mass is 9.95. The average Bonchev–Trinajstić information content (AvgIpc) is 2.38. The number of nitrogens with zero attached hydrogens (tertiary/aromatic N) is 2. The third-order valence-electron chi connectivity index (χ3n) is 3.52. The van der Waals surface area contributed by atoms with E-state index < -0.39 is 5.97 Å². The summed E-state index contributed by atoms with van der Waals surface area (Å²) >= 11 is 0. The highest BCUT2D eigenvalue weighted by molar-refractivity contribution is 5.91. The van der Waals surface area contributed by atoms with Gasteiger partial charge in [-0.2, -0.15) is 0 Å². The van der Waals surface area contributed by atoms with Gasteiger partial charge < -0.3 is 10.4 Å². The fraction of sp³-hybridized carbons (Fsp3) is 0.643. The van der Waals surface area contributed by atoms with Gasteiger partial charge in [0, 0.05) is 11.5 Å². The number of carboxylic acids is 1. The molecule has 0 fully saturated rings. The summed E-state index contributed by atoms with van der Waals surface area (Å²) < 4.78 is 0. The first kappa shape index (κ1) is 15.4. The minimum atomic E-state index is -1.03. The molecule has 106 valence electrons. The van der Waals surface area contributed by atoms with Crippen LogP contribution in [0.1, 0.15) is 69.7 Å². The molecule has 0 aliphatic rings. The molecule has 0 bridgehead atoms. The molecule has 0 radical (unpaired) electrons. The van der Waals surface area contributed by atoms with Crippen LogP contribution in [0.25, 0.3) is 0 Å². The molecular weight excluding hydrogens is 242 g/mol. The first-order valence-electron chi connectivity index (χ1n) is 6.71. The maximum absolute atomic E-state index is 11.3. The van der Waals surface area contributed by atoms with Crippen LogP contribution in [0.2, 0.25) is 0 Å². The van der Waals surface area contributed by atoms with Crippen LogP contribution in [0.3, 0.4) is 0 Å². The molecule has 5 nitrogen and oxygen atoms in total. The molecule has 0 saturated heterocycles. The number of carboxylic acid groups (broad SMARTS) is 1. The second kappa shape index (κ2) is 5.99. The summed E-state index contributed by atoms with van der Waals surface area (Å²) in [6.45, 7) is 10.1. The Bertz CT molecular complexity index is 454. The van der Waals surface area contributed by atoms with Crippen molar-refractivity contribution in [2.24, 2.45) is 0 Å². The van der Waals surface area contributed by atoms with Gasteiger partial charge in [-0.05, 0) is 19.8 Å². The maximum Gasteiger partial charge on any atom is 0.356 e. The topological polar surface area (TPSA) is 75.1 Å². The summed E-state index contributed by atoms with van der Waals surface area (Å²) in [6, 6.07) is 0. The van der Waals surface area contributed by atoms with Gasteiger partial charge >= 0.3 is 5.97 Å². The summed E-state index contributed by atoms with van der Waals surface area (Å²) in [6.07, 6.45) is 3.37. The molecule has 0 unspecified atom stereocenters. The molecule has 1 rings (SSSR count). The van der Waals surface area contributed by atoms with Crippen molar-refractivity contribution < 1.29 is 9.90 Å². The third kappa shape index (κ3) is 3.66. The zero-order chi connectivity index (χ0) is 14.6. The fourth-order valence-corrected chi connectivity index (χ4v) is 1.68. The van der Waals surface area contributed by atoms with Crippen molar-refractivity contribution in [2.75, 3.05) is 5.32 Å². The number of aromatic nitrogens is 2. The van der Waals surface area contributed by atoms with Crippen LogP contribution < -0.4 is 5.32 Å². The van der Waals surface area contributed by atoms with E-state index in [0.717, 1.165) is 12.8 Å². The van der Waals surface area contributed by atoms with Gasteiger partial charge in [-0.25, -0.2) is 14.8 Å². The van der Waals surface area contributed by atoms with Crippen molar-refractivity contribution in [3.63, 3.8) is 0 Å². The van der Waals surface area contributed by atoms with Gasteiger partial charge in [0.05, 0.1) is 11.9 Å². The van der Waals surface area contributed by atoms with E-state index in [1.165, 1.54) is 0 Å². The highest BCUT2D eigenvalue weighted by atomic mass is 16.4. The number of aromatic carboxylic acids is 1. The van der Waals surface area contributed by atoms with E-state index in [1.807, 2.05) is 13.8 Å². The molecule has 0 aliphatic heterocycles. The highest BCUT2D eigenvalue weighted by Gasteiger charge is 2.23. The summed E-state index contributed by atoms with van der Waals surface area (Å²) in [5.41, 5.74) is 0.391. The maximum atomic E-state index is 11.3. The van der Waals surface area contributed by atoms with Crippen molar-refractivity contribution in [3.05, 3.63) is 17.7 Å². The van der Waals surface area contributed by atoms with Crippen LogP contribution in [-0.4, -0.2) is 26.6 Å². The molecular formula is C14H23N3O2. The van der Waals surface area contributed by atoms with E-state index in [9.17, 15) is 9.90 Å². The van der Waals surface area contributed by atoms with Gasteiger partial charge in [-0.15, -0.1) is 0 Å². The Morgan fingerprint density at radius 2 is 2.00 bits per heavy atom. The standard InChI is InChI=1S/C14H23N3O2/c1-6-14(5,7-2)17-10-8-15-12(9(3)4)16-11(10)13(18)19/h8-9,17H,6-7H2,1-5H3,(H,18,19). The van der Waals surface area contributed by atoms with Gasteiger partial charge in [0.1, 0.15) is 5.82 Å². The van der Waals surface area contributed by atoms with Crippen molar-refractivity contribution in [2.45, 2.75) is 58.9 Å². The highest BCUT2D eigenvalue weighted by Crippen LogP contribution is 2.24. The Balaban J connectivity index is 3.17. The van der Waals surface area contributed by atoms with E-state index in [2.05, 4.69) is 36.1 Å². The van der Waals surface area contributed by atoms with Gasteiger partial charge in [0.15, 0.2) is 5.69 Å². The molecule has 2 N–H and O–H groups in total. The predicted octanol–water partition coefficient (Wildman–Crippen LogP) is 3.29. The summed E-state index contributed by atoms with van der Waals surface area (Å²) in [7, 11) is 0. The molecule has 0 amide bonds. The van der Waals surface area contributed by atoms with Crippen molar-refractivity contribution in [3.8, 4) is 0 Å². The SMILES string of the molecule is CCC(C)(CC)Nc1cnc(C(C)C)nc1C(=O)O. The zero-order valence-corrected chi connectivity index (χ0v) is 12.3. The Kier molecular flexibility index (Phi) is 4.86. The lowest BCUT2D eigenvalue weighted by molar-refractivity contribution is 0.0691. The number of carbonyl (C=O) groups is 1. The molecule has 0 spiro atoms. The fourth-order valence-electron chi connectivity index (χ4n) is 1.68. The van der Waals surface area contributed by atoms with Crippen LogP contribution in [0.5, 0.6) is 0 Å². The molecule has 0 aromatic carbocycles. The Hall–Kier alpha value is -1.65. The number of rotatable bonds is 6. The van der Waals surface area contributed by atoms with Crippen LogP contribution in [-0.2, 0) is 0 Å². The molecule has 1 aromatic rings. The van der Waals surface area contributed by atoms with Gasteiger partial charge in [0.2, 0.25) is 0 Å². The van der Waals surface area contributed by atoms with E-state index in [1.54, 1.807) is 6.20 Å². The number of anilines is 1. The molecule has 1 heterocycles. The van der Waals surface area contributed by atoms with Crippen molar-refractivity contribution >= 4 is 11.7 Å². The Morgan fingerprint density at radius 1 is 1.42 bits per heavy atom. The molecule has 5 heteroatoms. The quantitative estimate of drug-likeness (QED) is 0.825. The van der Waals surface area contributed by atoms with Gasteiger partial charge in [0.25, 0.3) is 0 Å². The average molecular weight is 265 g/mol. The zero-order valence-electron chi connectivity index (χ0n) is 12.3. The lowest BCUT2D eigenvalue weighted by Gasteiger charge is -2.29. The van der Waals surface area contributed by atoms with Crippen LogP contribution in [0.4, 0.5) is 5.69 Å². The normalized spacial score (nSPS) is 11.7. The van der Waals surface area contributed by atoms with E-state index in [0.29, 0.717) is 11.5 Å². The number of nitrogens with one attached hydrogen (secondary N) is 1. The number of hydrogen-bond donors (Lipinski definition) is 2. The second-order valence-corrected chi connectivity index (χ2v) is 5.34. The van der Waals surface area contributed by atoms with E-state index in [-0.39, 0.29) is 17.2 Å². The van der Waals surface area contributed by atoms with Crippen LogP contribution in [0, 0.1) is 0 Å². The lowest BCUT2D eigenvalue weighted by Crippen LogP contribution is -2.34. The molecule has 0 saturated carbocycles. The summed E-state index contributed by atoms with van der Waals surface area (Å²) in [5.74, 6) is -0.366. The predicted molar refractivity (Wildman–Crippen MR) is 75.7 cm³/mol. The minimum absolute atomic E-state index is 0.0480. The summed E-state index contributed by atoms with van der Waals surface area (Å²) in [5, 5.41) is 12.5. The number of hydrogen-bond acceptors (Lipinski definition) is 4. The summed E-state index contributed by atoms with van der Waals surface area (Å²) in [4.78, 5) is 19.7. The van der Waals surface area contributed by atoms with Crippen LogP contribution >= 0.6 is 0 Å². The Labute approximate surface area is 114 Å². The molecule has 1 aromatic heterocycles. The van der Waals surface area contributed by atoms with Crippen molar-refractivity contribution in [1.29, 1.82) is 0 Å². The smallest absolute Gasteiger partial charge is 0.356 e. The molecule has 0 aliphatic carbocycles. The largest absolute Gasteiger partial charge is 0.476 e. The van der Waals surface area contributed by atoms with Crippen LogP contribution in [0.15, 0.2) is 6.20 Å². The Morgan fingerprint density at radius 3 is 2.42 bits per heavy atom. The first-order valence-corrected chi connectivity index (χ1v) is 6.71. The molecule has 19 heavy (non-hydrogen) atoms. The van der Waals surface area contributed by atoms with Gasteiger partial charge in [-0.3, -0.25) is 0 Å². The first-order chi connectivity index (χ1) is 8.83. The molecule has 0 atom stereocenters. The third-order valence-corrected chi connectivity index (χ3v) is 3.52. The second-order valence-electron chi connectivity index (χ2n) is 5.34. The van der Waals surface area contributed by atoms with E-state index in [4.69, 9.17) is 0 Å². The minimum Gasteiger partial charge on any atom is -0.476 e. The monoisotopic (exact) mass is 265 g/mol. The van der Waals surface area contributed by atoms with Crippen molar-refractivity contribution in [1.82, 2.24) is 9.97 Å². The van der Waals surface area contributed by atoms with Gasteiger partial charge in [-0.1, -0.05) is 27.7 Å². The van der Waals surface area contributed by atoms with E-state index >= 15 is 0 Å².